The molecule has 2 aliphatic rings. The monoisotopic (exact) mass is 152 g/mol. The van der Waals surface area contributed by atoms with Gasteiger partial charge in [-0.2, -0.15) is 0 Å². The van der Waals surface area contributed by atoms with Crippen molar-refractivity contribution in [2.75, 3.05) is 0 Å². The minimum absolute atomic E-state index is 0.861. The Kier molecular flexibility index (Phi) is 1.74. The van der Waals surface area contributed by atoms with Gasteiger partial charge >= 0.3 is 0 Å². The van der Waals surface area contributed by atoms with Crippen molar-refractivity contribution in [2.45, 2.75) is 52.4 Å². The molecule has 1 unspecified atom stereocenters. The Hall–Kier alpha value is 0. The molecule has 0 nitrogen and oxygen atoms in total. The molecule has 0 N–H and O–H groups in total. The number of hydrogen-bond acceptors (Lipinski definition) is 0. The van der Waals surface area contributed by atoms with Crippen LogP contribution in [0.4, 0.5) is 0 Å². The molecule has 0 aliphatic heterocycles. The molecular weight excluding hydrogens is 132 g/mol. The lowest BCUT2D eigenvalue weighted by molar-refractivity contribution is 0.0692. The van der Waals surface area contributed by atoms with Crippen LogP contribution in [0.3, 0.4) is 0 Å². The molecule has 0 heteroatoms. The van der Waals surface area contributed by atoms with Gasteiger partial charge < -0.3 is 0 Å². The minimum Gasteiger partial charge on any atom is -0.0651 e. The summed E-state index contributed by atoms with van der Waals surface area (Å²) in [5.74, 6) is 2.13. The Balaban J connectivity index is 1.89. The second-order valence-corrected chi connectivity index (χ2v) is 5.03. The highest BCUT2D eigenvalue weighted by molar-refractivity contribution is 4.97. The van der Waals surface area contributed by atoms with Crippen molar-refractivity contribution in [3.63, 3.8) is 0 Å². The highest BCUT2D eigenvalue weighted by Crippen LogP contribution is 2.58. The molecular formula is C11H20. The molecule has 0 aromatic carbocycles. The molecule has 0 saturated heterocycles. The van der Waals surface area contributed by atoms with Crippen LogP contribution in [0.1, 0.15) is 52.4 Å². The van der Waals surface area contributed by atoms with Crippen LogP contribution in [-0.4, -0.2) is 0 Å². The van der Waals surface area contributed by atoms with Crippen LogP contribution in [-0.2, 0) is 0 Å². The zero-order chi connectivity index (χ0) is 7.90. The van der Waals surface area contributed by atoms with E-state index in [0.717, 1.165) is 17.3 Å². The van der Waals surface area contributed by atoms with Crippen LogP contribution >= 0.6 is 0 Å². The fourth-order valence-electron chi connectivity index (χ4n) is 3.46. The smallest absolute Gasteiger partial charge is 0.0290 e. The second kappa shape index (κ2) is 2.50. The van der Waals surface area contributed by atoms with Crippen molar-refractivity contribution in [2.24, 2.45) is 17.3 Å². The van der Waals surface area contributed by atoms with Crippen molar-refractivity contribution in [1.82, 2.24) is 0 Å². The first-order chi connectivity index (χ1) is 5.24. The normalized spacial score (nSPS) is 49.6. The van der Waals surface area contributed by atoms with E-state index in [-0.39, 0.29) is 0 Å². The molecule has 0 heterocycles. The summed E-state index contributed by atoms with van der Waals surface area (Å²) in [7, 11) is 0. The van der Waals surface area contributed by atoms with Gasteiger partial charge in [0.15, 0.2) is 0 Å². The maximum absolute atomic E-state index is 2.41. The average Bonchev–Trinajstić information content (AvgIpc) is 2.31. The van der Waals surface area contributed by atoms with Crippen molar-refractivity contribution in [3.05, 3.63) is 0 Å². The van der Waals surface area contributed by atoms with E-state index in [1.165, 1.54) is 12.8 Å². The summed E-state index contributed by atoms with van der Waals surface area (Å²) in [6.45, 7) is 4.76. The van der Waals surface area contributed by atoms with Gasteiger partial charge in [-0.25, -0.2) is 0 Å². The standard InChI is InChI=1S/C11H20/c1-3-10-4-5-11(8-10)6-9(2)7-11/h9-10H,3-8H2,1-2H3. The van der Waals surface area contributed by atoms with Crippen LogP contribution in [0, 0.1) is 17.3 Å². The van der Waals surface area contributed by atoms with Gasteiger partial charge in [-0.05, 0) is 49.4 Å². The lowest BCUT2D eigenvalue weighted by Gasteiger charge is -2.44. The highest BCUT2D eigenvalue weighted by atomic mass is 14.5. The van der Waals surface area contributed by atoms with E-state index in [1.807, 2.05) is 0 Å². The molecule has 0 amide bonds. The van der Waals surface area contributed by atoms with E-state index in [2.05, 4.69) is 13.8 Å². The summed E-state index contributed by atoms with van der Waals surface area (Å²) in [5.41, 5.74) is 0.861. The Morgan fingerprint density at radius 3 is 2.45 bits per heavy atom. The molecule has 64 valence electrons. The fraction of sp³-hybridized carbons (Fsp3) is 1.00. The molecule has 1 spiro atoms. The molecule has 2 saturated carbocycles. The Bertz CT molecular complexity index is 142. The Morgan fingerprint density at radius 2 is 2.00 bits per heavy atom. The third kappa shape index (κ3) is 1.21. The molecule has 2 aliphatic carbocycles. The summed E-state index contributed by atoms with van der Waals surface area (Å²) in [6, 6.07) is 0. The molecule has 0 aromatic rings. The lowest BCUT2D eigenvalue weighted by atomic mass is 9.61. The quantitative estimate of drug-likeness (QED) is 0.538. The van der Waals surface area contributed by atoms with Gasteiger partial charge in [0, 0.05) is 0 Å². The number of rotatable bonds is 1. The molecule has 0 bridgehead atoms. The Morgan fingerprint density at radius 1 is 1.27 bits per heavy atom. The maximum atomic E-state index is 2.41. The molecule has 0 aromatic heterocycles. The third-order valence-electron chi connectivity index (χ3n) is 3.94. The lowest BCUT2D eigenvalue weighted by Crippen LogP contribution is -2.33. The van der Waals surface area contributed by atoms with Crippen molar-refractivity contribution >= 4 is 0 Å². The number of hydrogen-bond donors (Lipinski definition) is 0. The zero-order valence-corrected chi connectivity index (χ0v) is 7.90. The largest absolute Gasteiger partial charge is 0.0651 e. The van der Waals surface area contributed by atoms with Crippen molar-refractivity contribution in [3.8, 4) is 0 Å². The van der Waals surface area contributed by atoms with Gasteiger partial charge in [0.25, 0.3) is 0 Å². The van der Waals surface area contributed by atoms with Gasteiger partial charge in [0.2, 0.25) is 0 Å². The summed E-state index contributed by atoms with van der Waals surface area (Å²) in [5, 5.41) is 0. The first-order valence-corrected chi connectivity index (χ1v) is 5.24. The summed E-state index contributed by atoms with van der Waals surface area (Å²) >= 11 is 0. The SMILES string of the molecule is CCC1CCC2(CC(C)C2)C1. The minimum atomic E-state index is 0.861. The van der Waals surface area contributed by atoms with E-state index in [9.17, 15) is 0 Å². The van der Waals surface area contributed by atoms with Gasteiger partial charge in [-0.15, -0.1) is 0 Å². The summed E-state index contributed by atoms with van der Waals surface area (Å²) in [6.07, 6.45) is 9.16. The second-order valence-electron chi connectivity index (χ2n) is 5.03. The first-order valence-electron chi connectivity index (χ1n) is 5.24. The predicted molar refractivity (Wildman–Crippen MR) is 48.5 cm³/mol. The van der Waals surface area contributed by atoms with Crippen LogP contribution < -0.4 is 0 Å². The molecule has 1 atom stereocenters. The van der Waals surface area contributed by atoms with E-state index < -0.39 is 0 Å². The van der Waals surface area contributed by atoms with Crippen LogP contribution in [0.15, 0.2) is 0 Å². The van der Waals surface area contributed by atoms with Gasteiger partial charge in [-0.1, -0.05) is 20.3 Å². The van der Waals surface area contributed by atoms with Crippen LogP contribution in [0.25, 0.3) is 0 Å². The van der Waals surface area contributed by atoms with E-state index in [4.69, 9.17) is 0 Å². The third-order valence-corrected chi connectivity index (χ3v) is 3.94. The van der Waals surface area contributed by atoms with E-state index >= 15 is 0 Å². The van der Waals surface area contributed by atoms with E-state index in [0.29, 0.717) is 0 Å². The molecule has 2 rings (SSSR count). The zero-order valence-electron chi connectivity index (χ0n) is 7.90. The van der Waals surface area contributed by atoms with Crippen molar-refractivity contribution < 1.29 is 0 Å². The van der Waals surface area contributed by atoms with Crippen molar-refractivity contribution in [1.29, 1.82) is 0 Å². The van der Waals surface area contributed by atoms with Crippen LogP contribution in [0.5, 0.6) is 0 Å². The first kappa shape index (κ1) is 7.64. The van der Waals surface area contributed by atoms with E-state index in [1.54, 1.807) is 25.7 Å². The molecule has 2 fully saturated rings. The maximum Gasteiger partial charge on any atom is -0.0290 e. The van der Waals surface area contributed by atoms with Gasteiger partial charge in [-0.3, -0.25) is 0 Å². The molecule has 11 heavy (non-hydrogen) atoms. The highest BCUT2D eigenvalue weighted by Gasteiger charge is 2.46. The summed E-state index contributed by atoms with van der Waals surface area (Å²) in [4.78, 5) is 0. The fourth-order valence-corrected chi connectivity index (χ4v) is 3.46. The summed E-state index contributed by atoms with van der Waals surface area (Å²) < 4.78 is 0. The van der Waals surface area contributed by atoms with Gasteiger partial charge in [0.05, 0.1) is 0 Å². The van der Waals surface area contributed by atoms with Crippen LogP contribution in [0.2, 0.25) is 0 Å². The Labute approximate surface area is 70.4 Å². The van der Waals surface area contributed by atoms with Gasteiger partial charge in [0.1, 0.15) is 0 Å². The molecule has 0 radical (unpaired) electrons. The predicted octanol–water partition coefficient (Wildman–Crippen LogP) is 3.61. The average molecular weight is 152 g/mol. The topological polar surface area (TPSA) is 0 Å².